The third-order valence-corrected chi connectivity index (χ3v) is 3.40. The van der Waals surface area contributed by atoms with Gasteiger partial charge in [0.15, 0.2) is 0 Å². The van der Waals surface area contributed by atoms with Crippen molar-refractivity contribution < 1.29 is 8.78 Å². The average molecular weight is 241 g/mol. The van der Waals surface area contributed by atoms with Gasteiger partial charge in [0.05, 0.1) is 0 Å². The molecule has 0 amide bonds. The van der Waals surface area contributed by atoms with E-state index >= 15 is 0 Å². The largest absolute Gasteiger partial charge is 0.313 e. The third kappa shape index (κ3) is 2.97. The van der Waals surface area contributed by atoms with Crippen LogP contribution in [-0.2, 0) is 0 Å². The molecule has 0 aromatic carbocycles. The quantitative estimate of drug-likeness (QED) is 0.883. The number of rotatable bonds is 3. The van der Waals surface area contributed by atoms with Gasteiger partial charge >= 0.3 is 0 Å². The summed E-state index contributed by atoms with van der Waals surface area (Å²) in [5.74, 6) is -2.57. The lowest BCUT2D eigenvalue weighted by Gasteiger charge is -2.34. The molecule has 3 nitrogen and oxygen atoms in total. The highest BCUT2D eigenvalue weighted by atomic mass is 19.3. The smallest absolute Gasteiger partial charge is 0.248 e. The van der Waals surface area contributed by atoms with Crippen molar-refractivity contribution in [3.8, 4) is 0 Å². The second-order valence-electron chi connectivity index (χ2n) is 4.65. The lowest BCUT2D eigenvalue weighted by molar-refractivity contribution is -0.0580. The second kappa shape index (κ2) is 5.04. The molecule has 5 heteroatoms. The Hall–Kier alpha value is -1.10. The van der Waals surface area contributed by atoms with Crippen LogP contribution in [0, 0.1) is 5.92 Å². The maximum Gasteiger partial charge on any atom is 0.248 e. The summed E-state index contributed by atoms with van der Waals surface area (Å²) in [6.07, 6.45) is 6.23. The van der Waals surface area contributed by atoms with Gasteiger partial charge in [-0.25, -0.2) is 18.7 Å². The van der Waals surface area contributed by atoms with Crippen molar-refractivity contribution >= 4 is 0 Å². The first-order valence-corrected chi connectivity index (χ1v) is 5.92. The van der Waals surface area contributed by atoms with E-state index in [1.807, 2.05) is 0 Å². The summed E-state index contributed by atoms with van der Waals surface area (Å²) in [6, 6.07) is -0.0811. The van der Waals surface area contributed by atoms with Crippen molar-refractivity contribution in [2.75, 3.05) is 7.05 Å². The van der Waals surface area contributed by atoms with Crippen LogP contribution in [0.15, 0.2) is 18.7 Å². The van der Waals surface area contributed by atoms with Gasteiger partial charge in [-0.2, -0.15) is 0 Å². The summed E-state index contributed by atoms with van der Waals surface area (Å²) in [6.45, 7) is 0. The lowest BCUT2D eigenvalue weighted by Crippen LogP contribution is -2.34. The molecular formula is C12H17F2N3. The van der Waals surface area contributed by atoms with Crippen molar-refractivity contribution in [3.63, 3.8) is 0 Å². The fourth-order valence-corrected chi connectivity index (χ4v) is 2.64. The van der Waals surface area contributed by atoms with E-state index in [4.69, 9.17) is 0 Å². The maximum absolute atomic E-state index is 13.4. The van der Waals surface area contributed by atoms with Gasteiger partial charge in [0.2, 0.25) is 5.92 Å². The zero-order valence-corrected chi connectivity index (χ0v) is 9.87. The summed E-state index contributed by atoms with van der Waals surface area (Å²) in [7, 11) is 1.80. The lowest BCUT2D eigenvalue weighted by atomic mass is 9.80. The standard InChI is InChI=1S/C12H17F2N3/c1-15-11(10-6-16-8-17-7-10)9-3-2-4-12(13,14)5-9/h6-9,11,15H,2-5H2,1H3. The van der Waals surface area contributed by atoms with Crippen molar-refractivity contribution in [1.29, 1.82) is 0 Å². The predicted molar refractivity (Wildman–Crippen MR) is 60.7 cm³/mol. The molecule has 1 saturated carbocycles. The summed E-state index contributed by atoms with van der Waals surface area (Å²) in [4.78, 5) is 7.89. The fraction of sp³-hybridized carbons (Fsp3) is 0.667. The molecule has 17 heavy (non-hydrogen) atoms. The van der Waals surface area contributed by atoms with Crippen LogP contribution >= 0.6 is 0 Å². The summed E-state index contributed by atoms with van der Waals surface area (Å²) >= 11 is 0. The molecule has 0 aliphatic heterocycles. The molecule has 2 rings (SSSR count). The molecular weight excluding hydrogens is 224 g/mol. The fourth-order valence-electron chi connectivity index (χ4n) is 2.64. The first-order chi connectivity index (χ1) is 8.12. The van der Waals surface area contributed by atoms with Gasteiger partial charge in [0, 0.05) is 36.8 Å². The average Bonchev–Trinajstić information content (AvgIpc) is 2.30. The van der Waals surface area contributed by atoms with E-state index in [9.17, 15) is 8.78 Å². The van der Waals surface area contributed by atoms with Crippen molar-refractivity contribution in [2.45, 2.75) is 37.6 Å². The van der Waals surface area contributed by atoms with Gasteiger partial charge in [-0.3, -0.25) is 0 Å². The van der Waals surface area contributed by atoms with Crippen LogP contribution in [0.3, 0.4) is 0 Å². The van der Waals surface area contributed by atoms with E-state index in [-0.39, 0.29) is 24.8 Å². The van der Waals surface area contributed by atoms with Crippen LogP contribution < -0.4 is 5.32 Å². The van der Waals surface area contributed by atoms with Crippen molar-refractivity contribution in [2.24, 2.45) is 5.92 Å². The minimum Gasteiger partial charge on any atom is -0.313 e. The maximum atomic E-state index is 13.4. The number of hydrogen-bond donors (Lipinski definition) is 1. The molecule has 1 heterocycles. The van der Waals surface area contributed by atoms with Crippen molar-refractivity contribution in [1.82, 2.24) is 15.3 Å². The monoisotopic (exact) mass is 241 g/mol. The Bertz CT molecular complexity index is 356. The highest BCUT2D eigenvalue weighted by molar-refractivity contribution is 5.11. The molecule has 0 radical (unpaired) electrons. The second-order valence-corrected chi connectivity index (χ2v) is 4.65. The molecule has 1 N–H and O–H groups in total. The predicted octanol–water partition coefficient (Wildman–Crippen LogP) is 2.56. The first kappa shape index (κ1) is 12.4. The Balaban J connectivity index is 2.13. The molecule has 0 bridgehead atoms. The SMILES string of the molecule is CNC(c1cncnc1)C1CCCC(F)(F)C1. The van der Waals surface area contributed by atoms with Crippen molar-refractivity contribution in [3.05, 3.63) is 24.3 Å². The van der Waals surface area contributed by atoms with Gasteiger partial charge in [-0.1, -0.05) is 0 Å². The number of alkyl halides is 2. The Labute approximate surface area is 99.7 Å². The van der Waals surface area contributed by atoms with Crippen LogP contribution in [0.5, 0.6) is 0 Å². The van der Waals surface area contributed by atoms with E-state index < -0.39 is 5.92 Å². The van der Waals surface area contributed by atoms with Crippen LogP contribution in [0.4, 0.5) is 8.78 Å². The van der Waals surface area contributed by atoms with E-state index in [1.165, 1.54) is 6.33 Å². The zero-order valence-electron chi connectivity index (χ0n) is 9.87. The van der Waals surface area contributed by atoms with Crippen LogP contribution in [0.25, 0.3) is 0 Å². The Morgan fingerprint density at radius 1 is 1.41 bits per heavy atom. The van der Waals surface area contributed by atoms with Crippen LogP contribution in [-0.4, -0.2) is 22.9 Å². The molecule has 94 valence electrons. The van der Waals surface area contributed by atoms with Crippen LogP contribution in [0.2, 0.25) is 0 Å². The minimum absolute atomic E-state index is 0.0191. The number of halogens is 2. The summed E-state index contributed by atoms with van der Waals surface area (Å²) in [5, 5.41) is 3.11. The van der Waals surface area contributed by atoms with E-state index in [0.717, 1.165) is 12.0 Å². The molecule has 1 fully saturated rings. The number of nitrogens with one attached hydrogen (secondary N) is 1. The zero-order chi connectivity index (χ0) is 12.3. The Morgan fingerprint density at radius 2 is 2.12 bits per heavy atom. The molecule has 0 saturated heterocycles. The molecule has 1 aromatic rings. The van der Waals surface area contributed by atoms with Gasteiger partial charge in [-0.05, 0) is 25.8 Å². The van der Waals surface area contributed by atoms with Gasteiger partial charge in [-0.15, -0.1) is 0 Å². The van der Waals surface area contributed by atoms with E-state index in [2.05, 4.69) is 15.3 Å². The molecule has 1 aliphatic rings. The Kier molecular flexibility index (Phi) is 3.66. The highest BCUT2D eigenvalue weighted by Gasteiger charge is 2.39. The summed E-state index contributed by atoms with van der Waals surface area (Å²) < 4.78 is 26.8. The third-order valence-electron chi connectivity index (χ3n) is 3.40. The molecule has 2 atom stereocenters. The van der Waals surface area contributed by atoms with Crippen LogP contribution in [0.1, 0.15) is 37.3 Å². The highest BCUT2D eigenvalue weighted by Crippen LogP contribution is 2.41. The minimum atomic E-state index is -2.52. The molecule has 1 aliphatic carbocycles. The first-order valence-electron chi connectivity index (χ1n) is 5.92. The topological polar surface area (TPSA) is 37.8 Å². The number of nitrogens with zero attached hydrogens (tertiary/aromatic N) is 2. The molecule has 2 unspecified atom stereocenters. The number of aromatic nitrogens is 2. The van der Waals surface area contributed by atoms with E-state index in [0.29, 0.717) is 6.42 Å². The Morgan fingerprint density at radius 3 is 2.71 bits per heavy atom. The van der Waals surface area contributed by atoms with Gasteiger partial charge in [0.25, 0.3) is 0 Å². The molecule has 0 spiro atoms. The number of hydrogen-bond acceptors (Lipinski definition) is 3. The van der Waals surface area contributed by atoms with Gasteiger partial charge < -0.3 is 5.32 Å². The molecule has 1 aromatic heterocycles. The summed E-state index contributed by atoms with van der Waals surface area (Å²) in [5.41, 5.74) is 0.887. The van der Waals surface area contributed by atoms with Gasteiger partial charge in [0.1, 0.15) is 6.33 Å². The van der Waals surface area contributed by atoms with E-state index in [1.54, 1.807) is 19.4 Å². The normalized spacial score (nSPS) is 25.5.